The molecule has 3 aromatic rings. The molecule has 0 unspecified atom stereocenters. The van der Waals surface area contributed by atoms with E-state index in [1.807, 2.05) is 14.1 Å². The summed E-state index contributed by atoms with van der Waals surface area (Å²) in [5.74, 6) is -0.0333. The molecular formula is C19H23Cl2N3OS2. The van der Waals surface area contributed by atoms with Gasteiger partial charge in [0.05, 0.1) is 19.4 Å². The highest BCUT2D eigenvalue weighted by Crippen LogP contribution is 2.33. The molecule has 0 radical (unpaired) electrons. The lowest BCUT2D eigenvalue weighted by Crippen LogP contribution is -2.32. The number of aromatic nitrogens is 1. The maximum atomic E-state index is 13.1. The van der Waals surface area contributed by atoms with Gasteiger partial charge in [-0.1, -0.05) is 29.0 Å². The number of hydrogen-bond acceptors (Lipinski definition) is 5. The minimum atomic E-state index is -0.0333. The van der Waals surface area contributed by atoms with Gasteiger partial charge in [0.2, 0.25) is 0 Å². The van der Waals surface area contributed by atoms with Crippen molar-refractivity contribution >= 4 is 67.9 Å². The molecule has 4 nitrogen and oxygen atoms in total. The molecule has 3 rings (SSSR count). The lowest BCUT2D eigenvalue weighted by molar-refractivity contribution is 0.0990. The first-order chi connectivity index (χ1) is 12.3. The van der Waals surface area contributed by atoms with Crippen LogP contribution in [0.25, 0.3) is 10.2 Å². The molecule has 0 atom stereocenters. The van der Waals surface area contributed by atoms with Gasteiger partial charge < -0.3 is 4.90 Å². The highest BCUT2D eigenvalue weighted by Gasteiger charge is 2.23. The van der Waals surface area contributed by atoms with E-state index < -0.39 is 0 Å². The van der Waals surface area contributed by atoms with Gasteiger partial charge in [0, 0.05) is 6.54 Å². The van der Waals surface area contributed by atoms with Crippen LogP contribution in [0.1, 0.15) is 27.2 Å². The number of halogens is 2. The summed E-state index contributed by atoms with van der Waals surface area (Å²) >= 11 is 8.92. The standard InChI is InChI=1S/C19H22ClN3OS2.ClH/c1-12-10-13(2)17-15(11-12)26-19(21-17)23(9-5-8-22(3)4)18(24)14-6-7-16(20)25-14;/h6-7,10-11H,5,8-9H2,1-4H3;1H. The minimum Gasteiger partial charge on any atom is -0.309 e. The van der Waals surface area contributed by atoms with E-state index in [4.69, 9.17) is 16.6 Å². The fourth-order valence-electron chi connectivity index (χ4n) is 2.87. The number of anilines is 1. The van der Waals surface area contributed by atoms with Crippen LogP contribution in [-0.4, -0.2) is 43.0 Å². The molecule has 146 valence electrons. The van der Waals surface area contributed by atoms with Gasteiger partial charge in [0.15, 0.2) is 5.13 Å². The largest absolute Gasteiger partial charge is 0.309 e. The molecule has 0 aliphatic carbocycles. The van der Waals surface area contributed by atoms with Crippen molar-refractivity contribution in [3.05, 3.63) is 44.6 Å². The van der Waals surface area contributed by atoms with Crippen LogP contribution in [0.4, 0.5) is 5.13 Å². The molecule has 27 heavy (non-hydrogen) atoms. The second-order valence-corrected chi connectivity index (χ2v) is 9.37. The first-order valence-corrected chi connectivity index (χ1v) is 10.5. The topological polar surface area (TPSA) is 36.4 Å². The highest BCUT2D eigenvalue weighted by molar-refractivity contribution is 7.22. The van der Waals surface area contributed by atoms with Gasteiger partial charge in [0.1, 0.15) is 0 Å². The maximum absolute atomic E-state index is 13.1. The molecular weight excluding hydrogens is 421 g/mol. The first-order valence-electron chi connectivity index (χ1n) is 8.45. The summed E-state index contributed by atoms with van der Waals surface area (Å²) in [4.78, 5) is 22.4. The van der Waals surface area contributed by atoms with Gasteiger partial charge in [-0.2, -0.15) is 0 Å². The van der Waals surface area contributed by atoms with E-state index in [-0.39, 0.29) is 18.3 Å². The number of rotatable bonds is 6. The predicted molar refractivity (Wildman–Crippen MR) is 121 cm³/mol. The number of aryl methyl sites for hydroxylation is 2. The molecule has 2 aromatic heterocycles. The summed E-state index contributed by atoms with van der Waals surface area (Å²) in [6.07, 6.45) is 0.881. The Morgan fingerprint density at radius 2 is 1.89 bits per heavy atom. The molecule has 0 N–H and O–H groups in total. The number of thiazole rings is 1. The van der Waals surface area contributed by atoms with E-state index >= 15 is 0 Å². The summed E-state index contributed by atoms with van der Waals surface area (Å²) < 4.78 is 1.74. The van der Waals surface area contributed by atoms with Gasteiger partial charge >= 0.3 is 0 Å². The Kier molecular flexibility index (Phi) is 7.65. The first kappa shape index (κ1) is 22.1. The number of benzene rings is 1. The van der Waals surface area contributed by atoms with Gasteiger partial charge in [-0.3, -0.25) is 9.69 Å². The SMILES string of the molecule is Cc1cc(C)c2nc(N(CCCN(C)C)C(=O)c3ccc(Cl)s3)sc2c1.Cl. The van der Waals surface area contributed by atoms with E-state index in [1.54, 1.807) is 28.4 Å². The number of carbonyl (C=O) groups is 1. The summed E-state index contributed by atoms with van der Waals surface area (Å²) in [7, 11) is 4.07. The third-order valence-electron chi connectivity index (χ3n) is 4.07. The van der Waals surface area contributed by atoms with Gasteiger partial charge in [-0.05, 0) is 70.2 Å². The number of carbonyl (C=O) groups excluding carboxylic acids is 1. The zero-order valence-electron chi connectivity index (χ0n) is 15.8. The Morgan fingerprint density at radius 3 is 2.52 bits per heavy atom. The van der Waals surface area contributed by atoms with Crippen molar-refractivity contribution in [2.75, 3.05) is 32.1 Å². The van der Waals surface area contributed by atoms with Gasteiger partial charge in [-0.25, -0.2) is 4.98 Å². The fourth-order valence-corrected chi connectivity index (χ4v) is 5.02. The van der Waals surface area contributed by atoms with Crippen LogP contribution >= 0.6 is 46.7 Å². The Morgan fingerprint density at radius 1 is 1.15 bits per heavy atom. The van der Waals surface area contributed by atoms with Crippen LogP contribution in [0.3, 0.4) is 0 Å². The van der Waals surface area contributed by atoms with Crippen molar-refractivity contribution in [1.82, 2.24) is 9.88 Å². The second-order valence-electron chi connectivity index (χ2n) is 6.64. The maximum Gasteiger partial charge on any atom is 0.270 e. The van der Waals surface area contributed by atoms with Crippen molar-refractivity contribution in [2.45, 2.75) is 20.3 Å². The Hall–Kier alpha value is -1.18. The average molecular weight is 444 g/mol. The summed E-state index contributed by atoms with van der Waals surface area (Å²) in [6, 6.07) is 7.82. The van der Waals surface area contributed by atoms with Crippen LogP contribution in [0, 0.1) is 13.8 Å². The minimum absolute atomic E-state index is 0. The second kappa shape index (κ2) is 9.34. The monoisotopic (exact) mass is 443 g/mol. The van der Waals surface area contributed by atoms with Crippen LogP contribution < -0.4 is 4.90 Å². The molecule has 0 fully saturated rings. The zero-order valence-corrected chi connectivity index (χ0v) is 19.0. The van der Waals surface area contributed by atoms with Crippen LogP contribution in [-0.2, 0) is 0 Å². The molecule has 1 aromatic carbocycles. The summed E-state index contributed by atoms with van der Waals surface area (Å²) in [5.41, 5.74) is 3.33. The summed E-state index contributed by atoms with van der Waals surface area (Å²) in [6.45, 7) is 5.69. The van der Waals surface area contributed by atoms with E-state index in [1.165, 1.54) is 16.9 Å². The molecule has 1 amide bonds. The Balaban J connectivity index is 0.00000261. The third kappa shape index (κ3) is 5.21. The molecule has 2 heterocycles. The molecule has 0 bridgehead atoms. The van der Waals surface area contributed by atoms with Crippen LogP contribution in [0.2, 0.25) is 4.34 Å². The zero-order chi connectivity index (χ0) is 18.8. The van der Waals surface area contributed by atoms with E-state index in [0.717, 1.165) is 33.9 Å². The number of amides is 1. The third-order valence-corrected chi connectivity index (χ3v) is 6.31. The molecule has 0 aliphatic heterocycles. The van der Waals surface area contributed by atoms with Crippen molar-refractivity contribution in [1.29, 1.82) is 0 Å². The highest BCUT2D eigenvalue weighted by atomic mass is 35.5. The summed E-state index contributed by atoms with van der Waals surface area (Å²) in [5, 5.41) is 0.752. The number of hydrogen-bond donors (Lipinski definition) is 0. The number of fused-ring (bicyclic) bond motifs is 1. The smallest absolute Gasteiger partial charge is 0.270 e. The van der Waals surface area contributed by atoms with E-state index in [9.17, 15) is 4.79 Å². The van der Waals surface area contributed by atoms with Crippen molar-refractivity contribution in [3.8, 4) is 0 Å². The van der Waals surface area contributed by atoms with Gasteiger partial charge in [-0.15, -0.1) is 23.7 Å². The van der Waals surface area contributed by atoms with Crippen molar-refractivity contribution in [3.63, 3.8) is 0 Å². The number of thiophene rings is 1. The lowest BCUT2D eigenvalue weighted by Gasteiger charge is -2.20. The Bertz CT molecular complexity index is 936. The van der Waals surface area contributed by atoms with Crippen molar-refractivity contribution in [2.24, 2.45) is 0 Å². The quantitative estimate of drug-likeness (QED) is 0.493. The molecule has 0 aliphatic rings. The molecule has 8 heteroatoms. The average Bonchev–Trinajstić information content (AvgIpc) is 3.17. The van der Waals surface area contributed by atoms with Crippen LogP contribution in [0.15, 0.2) is 24.3 Å². The molecule has 0 saturated heterocycles. The predicted octanol–water partition coefficient (Wildman–Crippen LogP) is 5.65. The lowest BCUT2D eigenvalue weighted by atomic mass is 10.1. The van der Waals surface area contributed by atoms with Crippen LogP contribution in [0.5, 0.6) is 0 Å². The number of nitrogens with zero attached hydrogens (tertiary/aromatic N) is 3. The molecule has 0 spiro atoms. The molecule has 0 saturated carbocycles. The normalized spacial score (nSPS) is 11.0. The van der Waals surface area contributed by atoms with E-state index in [0.29, 0.717) is 15.8 Å². The Labute approximate surface area is 179 Å². The fraction of sp³-hybridized carbons (Fsp3) is 0.368. The van der Waals surface area contributed by atoms with E-state index in [2.05, 4.69) is 30.9 Å². The van der Waals surface area contributed by atoms with Gasteiger partial charge in [0.25, 0.3) is 5.91 Å². The van der Waals surface area contributed by atoms with Crippen molar-refractivity contribution < 1.29 is 4.79 Å².